The first-order valence-corrected chi connectivity index (χ1v) is 12.5. The molecule has 0 aliphatic carbocycles. The summed E-state index contributed by atoms with van der Waals surface area (Å²) in [6, 6.07) is 11.4. The number of benzene rings is 2. The summed E-state index contributed by atoms with van der Waals surface area (Å²) in [6.45, 7) is 7.38. The van der Waals surface area contributed by atoms with E-state index in [-0.39, 0.29) is 28.9 Å². The molecule has 33 heavy (non-hydrogen) atoms. The van der Waals surface area contributed by atoms with Gasteiger partial charge in [-0.1, -0.05) is 19.1 Å². The number of rotatable bonds is 4. The standard InChI is InChI=1S/C24H33N3O5S/c1-16-7-6-8-20(11-16)33(29,30)26-19-9-10-21-22(12-19)32-15-18(3)25-13-17(2)23(31-5)14-27(4)24(21)28/h6-12,17-18,23,25-26H,13-15H2,1-5H3/t17-,18+,23-/m0/s1. The molecule has 3 atom stereocenters. The smallest absolute Gasteiger partial charge is 0.261 e. The minimum Gasteiger partial charge on any atom is -0.491 e. The highest BCUT2D eigenvalue weighted by Crippen LogP contribution is 2.27. The van der Waals surface area contributed by atoms with Gasteiger partial charge in [0, 0.05) is 39.4 Å². The van der Waals surface area contributed by atoms with Gasteiger partial charge < -0.3 is 19.7 Å². The maximum absolute atomic E-state index is 13.2. The zero-order chi connectivity index (χ0) is 24.2. The van der Waals surface area contributed by atoms with E-state index >= 15 is 0 Å². The van der Waals surface area contributed by atoms with Crippen LogP contribution in [-0.4, -0.2) is 65.2 Å². The van der Waals surface area contributed by atoms with Crippen molar-refractivity contribution < 1.29 is 22.7 Å². The summed E-state index contributed by atoms with van der Waals surface area (Å²) in [5, 5.41) is 3.43. The molecular weight excluding hydrogens is 442 g/mol. The van der Waals surface area contributed by atoms with Gasteiger partial charge in [0.15, 0.2) is 0 Å². The Labute approximate surface area is 196 Å². The van der Waals surface area contributed by atoms with Gasteiger partial charge in [0.25, 0.3) is 15.9 Å². The molecule has 2 N–H and O–H groups in total. The van der Waals surface area contributed by atoms with Crippen LogP contribution in [0, 0.1) is 12.8 Å². The maximum atomic E-state index is 13.2. The lowest BCUT2D eigenvalue weighted by Gasteiger charge is -2.30. The number of ether oxygens (including phenoxy) is 2. The van der Waals surface area contributed by atoms with Gasteiger partial charge in [0.05, 0.1) is 22.3 Å². The summed E-state index contributed by atoms with van der Waals surface area (Å²) in [4.78, 5) is 15.0. The first-order chi connectivity index (χ1) is 15.6. The second-order valence-corrected chi connectivity index (χ2v) is 10.4. The van der Waals surface area contributed by atoms with Crippen LogP contribution in [0.3, 0.4) is 0 Å². The van der Waals surface area contributed by atoms with Crippen LogP contribution in [0.1, 0.15) is 29.8 Å². The van der Waals surface area contributed by atoms with Crippen molar-refractivity contribution >= 4 is 21.6 Å². The lowest BCUT2D eigenvalue weighted by atomic mass is 10.0. The first kappa shape index (κ1) is 25.0. The van der Waals surface area contributed by atoms with E-state index in [2.05, 4.69) is 17.0 Å². The van der Waals surface area contributed by atoms with Crippen LogP contribution < -0.4 is 14.8 Å². The number of carbonyl (C=O) groups is 1. The highest BCUT2D eigenvalue weighted by Gasteiger charge is 2.26. The Bertz CT molecular complexity index is 1090. The molecule has 1 aliphatic rings. The van der Waals surface area contributed by atoms with Gasteiger partial charge in [-0.2, -0.15) is 0 Å². The fraction of sp³-hybridized carbons (Fsp3) is 0.458. The number of sulfonamides is 1. The zero-order valence-electron chi connectivity index (χ0n) is 19.8. The molecule has 8 nitrogen and oxygen atoms in total. The average Bonchev–Trinajstić information content (AvgIpc) is 2.78. The third-order valence-corrected chi connectivity index (χ3v) is 7.16. The van der Waals surface area contributed by atoms with E-state index in [1.165, 1.54) is 0 Å². The number of fused-ring (bicyclic) bond motifs is 1. The highest BCUT2D eigenvalue weighted by atomic mass is 32.2. The molecule has 0 saturated carbocycles. The van der Waals surface area contributed by atoms with Crippen molar-refractivity contribution in [3.05, 3.63) is 53.6 Å². The second-order valence-electron chi connectivity index (χ2n) is 8.69. The van der Waals surface area contributed by atoms with Crippen molar-refractivity contribution in [1.82, 2.24) is 10.2 Å². The molecule has 0 fully saturated rings. The largest absolute Gasteiger partial charge is 0.491 e. The van der Waals surface area contributed by atoms with Crippen LogP contribution in [0.5, 0.6) is 5.75 Å². The third-order valence-electron chi connectivity index (χ3n) is 5.78. The van der Waals surface area contributed by atoms with Gasteiger partial charge in [-0.05, 0) is 49.6 Å². The fourth-order valence-electron chi connectivity index (χ4n) is 3.72. The van der Waals surface area contributed by atoms with Crippen LogP contribution in [0.2, 0.25) is 0 Å². The van der Waals surface area contributed by atoms with Gasteiger partial charge in [0.2, 0.25) is 0 Å². The minimum absolute atomic E-state index is 0.0257. The van der Waals surface area contributed by atoms with Crippen LogP contribution in [0.4, 0.5) is 5.69 Å². The van der Waals surface area contributed by atoms with E-state index in [9.17, 15) is 13.2 Å². The second kappa shape index (κ2) is 10.5. The Balaban J connectivity index is 1.92. The summed E-state index contributed by atoms with van der Waals surface area (Å²) >= 11 is 0. The molecule has 0 saturated heterocycles. The van der Waals surface area contributed by atoms with Crippen molar-refractivity contribution in [3.8, 4) is 5.75 Å². The summed E-state index contributed by atoms with van der Waals surface area (Å²) in [5.74, 6) is 0.311. The quantitative estimate of drug-likeness (QED) is 0.706. The Morgan fingerprint density at radius 3 is 2.64 bits per heavy atom. The predicted octanol–water partition coefficient (Wildman–Crippen LogP) is 2.89. The van der Waals surface area contributed by atoms with E-state index in [4.69, 9.17) is 9.47 Å². The lowest BCUT2D eigenvalue weighted by molar-refractivity contribution is 0.0281. The molecular formula is C24H33N3O5S. The molecule has 3 rings (SSSR count). The topological polar surface area (TPSA) is 97.0 Å². The Morgan fingerprint density at radius 1 is 1.18 bits per heavy atom. The number of nitrogens with zero attached hydrogens (tertiary/aromatic N) is 1. The summed E-state index contributed by atoms with van der Waals surface area (Å²) in [7, 11) is -0.410. The van der Waals surface area contributed by atoms with Crippen molar-refractivity contribution in [2.24, 2.45) is 5.92 Å². The summed E-state index contributed by atoms with van der Waals surface area (Å²) in [5.41, 5.74) is 1.53. The maximum Gasteiger partial charge on any atom is 0.261 e. The Kier molecular flexibility index (Phi) is 7.99. The van der Waals surface area contributed by atoms with Crippen LogP contribution in [0.25, 0.3) is 0 Å². The number of amides is 1. The average molecular weight is 476 g/mol. The Morgan fingerprint density at radius 2 is 1.94 bits per heavy atom. The van der Waals surface area contributed by atoms with E-state index in [1.807, 2.05) is 19.9 Å². The normalized spacial score (nSPS) is 22.5. The van der Waals surface area contributed by atoms with Gasteiger partial charge in [-0.25, -0.2) is 8.42 Å². The number of aryl methyl sites for hydroxylation is 1. The molecule has 9 heteroatoms. The molecule has 1 heterocycles. The van der Waals surface area contributed by atoms with E-state index in [0.29, 0.717) is 36.7 Å². The first-order valence-electron chi connectivity index (χ1n) is 11.0. The molecule has 1 amide bonds. The number of methoxy groups -OCH3 is 1. The van der Waals surface area contributed by atoms with Gasteiger partial charge in [-0.3, -0.25) is 9.52 Å². The monoisotopic (exact) mass is 475 g/mol. The SMILES string of the molecule is CO[C@H]1CN(C)C(=O)c2ccc(NS(=O)(=O)c3cccc(C)c3)cc2OC[C@@H](C)NC[C@@H]1C. The van der Waals surface area contributed by atoms with Gasteiger partial charge in [-0.15, -0.1) is 0 Å². The molecule has 1 aliphatic heterocycles. The fourth-order valence-corrected chi connectivity index (χ4v) is 4.87. The van der Waals surface area contributed by atoms with Crippen LogP contribution in [0.15, 0.2) is 47.4 Å². The van der Waals surface area contributed by atoms with E-state index in [0.717, 1.165) is 5.56 Å². The number of carbonyl (C=O) groups excluding carboxylic acids is 1. The lowest BCUT2D eigenvalue weighted by Crippen LogP contribution is -2.44. The van der Waals surface area contributed by atoms with Crippen LogP contribution in [-0.2, 0) is 14.8 Å². The van der Waals surface area contributed by atoms with Crippen molar-refractivity contribution in [2.75, 3.05) is 38.6 Å². The molecule has 0 unspecified atom stereocenters. The Hall–Kier alpha value is -2.62. The van der Waals surface area contributed by atoms with Crippen molar-refractivity contribution in [2.45, 2.75) is 37.8 Å². The molecule has 0 bridgehead atoms. The molecule has 0 radical (unpaired) electrons. The minimum atomic E-state index is -3.78. The van der Waals surface area contributed by atoms with E-state index < -0.39 is 10.0 Å². The molecule has 180 valence electrons. The molecule has 0 aromatic heterocycles. The van der Waals surface area contributed by atoms with Crippen molar-refractivity contribution in [3.63, 3.8) is 0 Å². The zero-order valence-corrected chi connectivity index (χ0v) is 20.6. The summed E-state index contributed by atoms with van der Waals surface area (Å²) in [6.07, 6.45) is -0.122. The number of likely N-dealkylation sites (N-methyl/N-ethyl adjacent to an activating group) is 1. The highest BCUT2D eigenvalue weighted by molar-refractivity contribution is 7.92. The third kappa shape index (κ3) is 6.25. The number of anilines is 1. The number of hydrogen-bond donors (Lipinski definition) is 2. The van der Waals surface area contributed by atoms with Crippen LogP contribution >= 0.6 is 0 Å². The van der Waals surface area contributed by atoms with Gasteiger partial charge in [0.1, 0.15) is 12.4 Å². The predicted molar refractivity (Wildman–Crippen MR) is 128 cm³/mol. The molecule has 0 spiro atoms. The molecule has 2 aromatic rings. The van der Waals surface area contributed by atoms with E-state index in [1.54, 1.807) is 55.5 Å². The summed E-state index contributed by atoms with van der Waals surface area (Å²) < 4.78 is 39.9. The number of nitrogens with one attached hydrogen (secondary N) is 2. The molecule has 2 aromatic carbocycles. The number of hydrogen-bond acceptors (Lipinski definition) is 6. The van der Waals surface area contributed by atoms with Gasteiger partial charge >= 0.3 is 0 Å². The van der Waals surface area contributed by atoms with Crippen molar-refractivity contribution in [1.29, 1.82) is 0 Å².